The molecule has 1 N–H and O–H groups in total. The number of hydrogen-bond donors (Lipinski definition) is 1. The number of rotatable bonds is 8. The topological polar surface area (TPSA) is 64.4 Å². The summed E-state index contributed by atoms with van der Waals surface area (Å²) in [6.45, 7) is 0.0428. The van der Waals surface area contributed by atoms with Gasteiger partial charge in [-0.2, -0.15) is 13.2 Å². The van der Waals surface area contributed by atoms with Crippen LogP contribution in [0.15, 0.2) is 40.9 Å². The zero-order chi connectivity index (χ0) is 18.3. The Morgan fingerprint density at radius 2 is 2.04 bits per heavy atom. The second-order valence-electron chi connectivity index (χ2n) is 5.58. The third-order valence-corrected chi connectivity index (χ3v) is 3.22. The lowest BCUT2D eigenvalue weighted by molar-refractivity contribution is -0.175. The van der Waals surface area contributed by atoms with E-state index >= 15 is 0 Å². The molecule has 1 aromatic carbocycles. The maximum absolute atomic E-state index is 12.0. The molecule has 1 atom stereocenters. The van der Waals surface area contributed by atoms with Gasteiger partial charge < -0.3 is 14.5 Å². The van der Waals surface area contributed by atoms with Crippen molar-refractivity contribution in [1.82, 2.24) is 10.3 Å². The number of carbonyl (C=O) groups is 1. The van der Waals surface area contributed by atoms with Crippen LogP contribution in [-0.2, 0) is 16.0 Å². The molecular formula is C17H19F3N2O3. The first-order valence-electron chi connectivity index (χ1n) is 7.77. The van der Waals surface area contributed by atoms with Crippen LogP contribution in [0.25, 0.3) is 11.3 Å². The summed E-state index contributed by atoms with van der Waals surface area (Å²) in [6.07, 6.45) is -2.35. The molecule has 8 heteroatoms. The smallest absolute Gasteiger partial charge is 0.411 e. The van der Waals surface area contributed by atoms with E-state index in [1.165, 1.54) is 0 Å². The van der Waals surface area contributed by atoms with E-state index in [-0.39, 0.29) is 18.9 Å². The van der Waals surface area contributed by atoms with Crippen LogP contribution in [0.1, 0.15) is 19.2 Å². The summed E-state index contributed by atoms with van der Waals surface area (Å²) in [4.78, 5) is 15.9. The van der Waals surface area contributed by atoms with Gasteiger partial charge in [0.05, 0.1) is 12.8 Å². The van der Waals surface area contributed by atoms with E-state index in [1.54, 1.807) is 13.1 Å². The van der Waals surface area contributed by atoms with Crippen molar-refractivity contribution in [3.05, 3.63) is 42.4 Å². The van der Waals surface area contributed by atoms with Gasteiger partial charge in [0.2, 0.25) is 5.91 Å². The summed E-state index contributed by atoms with van der Waals surface area (Å²) in [6, 6.07) is 8.92. The highest BCUT2D eigenvalue weighted by Gasteiger charge is 2.27. The monoisotopic (exact) mass is 356 g/mol. The molecule has 1 aromatic heterocycles. The summed E-state index contributed by atoms with van der Waals surface area (Å²) < 4.78 is 46.0. The highest BCUT2D eigenvalue weighted by molar-refractivity contribution is 5.76. The molecule has 136 valence electrons. The van der Waals surface area contributed by atoms with Crippen LogP contribution >= 0.6 is 0 Å². The molecule has 1 heterocycles. The van der Waals surface area contributed by atoms with Crippen molar-refractivity contribution in [1.29, 1.82) is 0 Å². The van der Waals surface area contributed by atoms with Gasteiger partial charge in [-0.15, -0.1) is 0 Å². The van der Waals surface area contributed by atoms with Gasteiger partial charge in [0.15, 0.2) is 11.7 Å². The summed E-state index contributed by atoms with van der Waals surface area (Å²) in [5.41, 5.74) is 0.890. The summed E-state index contributed by atoms with van der Waals surface area (Å²) in [7, 11) is 0. The minimum atomic E-state index is -4.37. The number of nitrogens with zero attached hydrogens (tertiary/aromatic N) is 1. The van der Waals surface area contributed by atoms with Crippen molar-refractivity contribution in [2.75, 3.05) is 13.2 Å². The molecule has 2 aromatic rings. The summed E-state index contributed by atoms with van der Waals surface area (Å²) in [5.74, 6) is 0.738. The van der Waals surface area contributed by atoms with Crippen molar-refractivity contribution in [3.63, 3.8) is 0 Å². The van der Waals surface area contributed by atoms with Crippen molar-refractivity contribution in [2.45, 2.75) is 32.0 Å². The number of alkyl halides is 3. The average molecular weight is 356 g/mol. The number of halogens is 3. The maximum atomic E-state index is 12.0. The van der Waals surface area contributed by atoms with Gasteiger partial charge in [0, 0.05) is 24.4 Å². The van der Waals surface area contributed by atoms with Crippen LogP contribution in [0.4, 0.5) is 13.2 Å². The molecular weight excluding hydrogens is 337 g/mol. The molecule has 0 aliphatic rings. The molecule has 2 rings (SSSR count). The van der Waals surface area contributed by atoms with E-state index < -0.39 is 18.8 Å². The van der Waals surface area contributed by atoms with Crippen LogP contribution in [0.2, 0.25) is 0 Å². The second-order valence-corrected chi connectivity index (χ2v) is 5.58. The third kappa shape index (κ3) is 6.96. The highest BCUT2D eigenvalue weighted by atomic mass is 19.4. The molecule has 5 nitrogen and oxygen atoms in total. The number of oxazole rings is 1. The number of aryl methyl sites for hydroxylation is 1. The highest BCUT2D eigenvalue weighted by Crippen LogP contribution is 2.20. The van der Waals surface area contributed by atoms with E-state index in [2.05, 4.69) is 15.0 Å². The second kappa shape index (κ2) is 8.66. The first-order chi connectivity index (χ1) is 11.8. The predicted octanol–water partition coefficient (Wildman–Crippen LogP) is 3.36. The molecule has 1 amide bonds. The fourth-order valence-corrected chi connectivity index (χ4v) is 2.12. The Labute approximate surface area is 143 Å². The van der Waals surface area contributed by atoms with Gasteiger partial charge in [-0.05, 0) is 6.92 Å². The number of hydrogen-bond acceptors (Lipinski definition) is 4. The molecule has 0 aliphatic heterocycles. The summed E-state index contributed by atoms with van der Waals surface area (Å²) >= 11 is 0. The largest absolute Gasteiger partial charge is 0.441 e. The minimum absolute atomic E-state index is 0.123. The quantitative estimate of drug-likeness (QED) is 0.788. The number of ether oxygens (including phenoxy) is 1. The number of benzene rings is 1. The van der Waals surface area contributed by atoms with Crippen molar-refractivity contribution >= 4 is 5.91 Å². The van der Waals surface area contributed by atoms with E-state index in [0.717, 1.165) is 5.56 Å². The van der Waals surface area contributed by atoms with E-state index in [0.29, 0.717) is 18.1 Å². The van der Waals surface area contributed by atoms with E-state index in [4.69, 9.17) is 4.42 Å². The van der Waals surface area contributed by atoms with Gasteiger partial charge in [-0.3, -0.25) is 4.79 Å². The van der Waals surface area contributed by atoms with Crippen molar-refractivity contribution in [3.8, 4) is 11.3 Å². The molecule has 0 saturated carbocycles. The Kier molecular flexibility index (Phi) is 6.58. The Bertz CT molecular complexity index is 671. The SMILES string of the molecule is CC(COCC(F)(F)F)NC(=O)CCc1ncc(-c2ccccc2)o1. The molecule has 1 unspecified atom stereocenters. The Hall–Kier alpha value is -2.35. The lowest BCUT2D eigenvalue weighted by Gasteiger charge is -2.14. The third-order valence-electron chi connectivity index (χ3n) is 3.22. The van der Waals surface area contributed by atoms with Gasteiger partial charge in [-0.25, -0.2) is 4.98 Å². The Morgan fingerprint density at radius 1 is 1.32 bits per heavy atom. The number of nitrogens with one attached hydrogen (secondary N) is 1. The van der Waals surface area contributed by atoms with Crippen LogP contribution in [-0.4, -0.2) is 36.3 Å². The first kappa shape index (κ1) is 19.0. The fraction of sp³-hybridized carbons (Fsp3) is 0.412. The molecule has 0 saturated heterocycles. The van der Waals surface area contributed by atoms with Crippen LogP contribution in [0.5, 0.6) is 0 Å². The Balaban J connectivity index is 1.72. The average Bonchev–Trinajstić information content (AvgIpc) is 3.01. The van der Waals surface area contributed by atoms with Gasteiger partial charge in [-0.1, -0.05) is 30.3 Å². The lowest BCUT2D eigenvalue weighted by atomic mass is 10.2. The normalized spacial score (nSPS) is 12.8. The minimum Gasteiger partial charge on any atom is -0.441 e. The molecule has 25 heavy (non-hydrogen) atoms. The zero-order valence-electron chi connectivity index (χ0n) is 13.7. The maximum Gasteiger partial charge on any atom is 0.411 e. The molecule has 0 spiro atoms. The van der Waals surface area contributed by atoms with Crippen molar-refractivity contribution < 1.29 is 27.1 Å². The van der Waals surface area contributed by atoms with E-state index in [1.807, 2.05) is 30.3 Å². The summed E-state index contributed by atoms with van der Waals surface area (Å²) in [5, 5.41) is 2.57. The number of carbonyl (C=O) groups excluding carboxylic acids is 1. The van der Waals surface area contributed by atoms with Crippen LogP contribution in [0.3, 0.4) is 0 Å². The molecule has 0 radical (unpaired) electrons. The van der Waals surface area contributed by atoms with Gasteiger partial charge in [0.25, 0.3) is 0 Å². The van der Waals surface area contributed by atoms with Crippen molar-refractivity contribution in [2.24, 2.45) is 0 Å². The van der Waals surface area contributed by atoms with Crippen LogP contribution in [0, 0.1) is 0 Å². The standard InChI is InChI=1S/C17H19F3N2O3/c1-12(10-24-11-17(18,19)20)22-15(23)7-8-16-21-9-14(25-16)13-5-3-2-4-6-13/h2-6,9,12H,7-8,10-11H2,1H3,(H,22,23). The molecule has 0 aliphatic carbocycles. The number of amides is 1. The first-order valence-corrected chi connectivity index (χ1v) is 7.77. The zero-order valence-corrected chi connectivity index (χ0v) is 13.7. The fourth-order valence-electron chi connectivity index (χ4n) is 2.12. The molecule has 0 bridgehead atoms. The van der Waals surface area contributed by atoms with E-state index in [9.17, 15) is 18.0 Å². The van der Waals surface area contributed by atoms with Gasteiger partial charge >= 0.3 is 6.18 Å². The predicted molar refractivity (Wildman–Crippen MR) is 84.7 cm³/mol. The Morgan fingerprint density at radius 3 is 2.72 bits per heavy atom. The lowest BCUT2D eigenvalue weighted by Crippen LogP contribution is -2.37. The molecule has 0 fully saturated rings. The van der Waals surface area contributed by atoms with Crippen LogP contribution < -0.4 is 5.32 Å². The van der Waals surface area contributed by atoms with Gasteiger partial charge in [0.1, 0.15) is 6.61 Å². The number of aromatic nitrogens is 1.